The predicted molar refractivity (Wildman–Crippen MR) is 224 cm³/mol. The van der Waals surface area contributed by atoms with Crippen molar-refractivity contribution < 1.29 is 43.2 Å². The van der Waals surface area contributed by atoms with Crippen LogP contribution in [-0.4, -0.2) is 105 Å². The molecule has 57 heavy (non-hydrogen) atoms. The van der Waals surface area contributed by atoms with Crippen LogP contribution in [0.25, 0.3) is 21.9 Å². The van der Waals surface area contributed by atoms with Gasteiger partial charge in [-0.2, -0.15) is 12.6 Å². The quantitative estimate of drug-likeness (QED) is 0.0354. The summed E-state index contributed by atoms with van der Waals surface area (Å²) >= 11 is 4.42. The monoisotopic (exact) mass is 804 g/mol. The van der Waals surface area contributed by atoms with E-state index in [-0.39, 0.29) is 30.0 Å². The first-order valence-corrected chi connectivity index (χ1v) is 19.7. The summed E-state index contributed by atoms with van der Waals surface area (Å²) < 4.78 is 28.2. The summed E-state index contributed by atoms with van der Waals surface area (Å²) in [7, 11) is 0. The fraction of sp³-hybridized carbons (Fsp3) is 0.442. The first kappa shape index (κ1) is 45.0. The molecule has 1 heterocycles. The Labute approximate surface area is 340 Å². The molecule has 0 bridgehead atoms. The summed E-state index contributed by atoms with van der Waals surface area (Å²) in [6.07, 6.45) is 2.18. The topological polar surface area (TPSA) is 167 Å². The first-order valence-electron chi connectivity index (χ1n) is 19.2. The smallest absolute Gasteiger partial charge is 0.305 e. The number of anilines is 1. The Morgan fingerprint density at radius 2 is 1.46 bits per heavy atom. The maximum atomic E-state index is 12.8. The lowest BCUT2D eigenvalue weighted by molar-refractivity contribution is -0.138. The molecule has 14 heteroatoms. The summed E-state index contributed by atoms with van der Waals surface area (Å²) in [4.78, 5) is 41.1. The van der Waals surface area contributed by atoms with Crippen molar-refractivity contribution in [1.82, 2.24) is 15.6 Å². The number of rotatable bonds is 27. The van der Waals surface area contributed by atoms with E-state index in [0.29, 0.717) is 78.0 Å². The highest BCUT2D eigenvalue weighted by Gasteiger charge is 2.19. The van der Waals surface area contributed by atoms with Crippen LogP contribution in [0.5, 0.6) is 5.75 Å². The molecule has 1 aromatic heterocycles. The van der Waals surface area contributed by atoms with E-state index in [4.69, 9.17) is 23.7 Å². The first-order chi connectivity index (χ1) is 27.5. The van der Waals surface area contributed by atoms with Crippen LogP contribution in [0.1, 0.15) is 50.3 Å². The highest BCUT2D eigenvalue weighted by molar-refractivity contribution is 7.81. The lowest BCUT2D eigenvalue weighted by Gasteiger charge is -2.19. The average Bonchev–Trinajstić information content (AvgIpc) is 3.18. The number of ether oxygens (including phenoxy) is 5. The van der Waals surface area contributed by atoms with Crippen molar-refractivity contribution in [2.24, 2.45) is 0 Å². The number of thiol groups is 1. The Balaban J connectivity index is 1.20. The molecule has 2 amide bonds. The molecule has 0 aliphatic carbocycles. The molecule has 1 atom stereocenters. The predicted octanol–water partition coefficient (Wildman–Crippen LogP) is 6.00. The van der Waals surface area contributed by atoms with Gasteiger partial charge in [-0.1, -0.05) is 54.6 Å². The highest BCUT2D eigenvalue weighted by Crippen LogP contribution is 2.35. The summed E-state index contributed by atoms with van der Waals surface area (Å²) in [5, 5.41) is 20.1. The van der Waals surface area contributed by atoms with Gasteiger partial charge in [0.25, 0.3) is 0 Å². The number of fused-ring (bicyclic) bond motifs is 1. The second-order valence-corrected chi connectivity index (χ2v) is 15.3. The summed E-state index contributed by atoms with van der Waals surface area (Å²) in [6.45, 7) is 10.5. The molecule has 0 spiro atoms. The molecule has 0 fully saturated rings. The third-order valence-corrected chi connectivity index (χ3v) is 8.66. The number of nitrogens with one attached hydrogen (secondary N) is 3. The molecule has 0 aliphatic heterocycles. The number of aromatic nitrogens is 1. The molecular formula is C43H56N4O9S. The normalized spacial score (nSPS) is 11.9. The standard InChI is InChI=1S/C43H56N4O9S/c1-31-16-18-45-39(27-31)44-17-6-9-40(48)46-29-41(49)47-37(28-42(50)51)33-12-10-32(11-13-33)34-14-15-38(36-8-5-4-7-35(34)36)56-26-25-54-22-21-52-19-20-53-23-24-55-30-43(2,3)57/h4-5,7-8,10-16,18,27,37,57H,6,9,17,19-26,28-30H2,1-3H3,(H,44,45)(H,46,48)(H,47,49)(H,50,51)/t37-/m0/s1. The highest BCUT2D eigenvalue weighted by atomic mass is 32.1. The van der Waals surface area contributed by atoms with Gasteiger partial charge in [0.15, 0.2) is 0 Å². The maximum absolute atomic E-state index is 12.8. The SMILES string of the molecule is Cc1ccnc(NCCCC(=O)NCC(=O)N[C@@H](CC(=O)O)c2ccc(-c3ccc(OCCOCCOCCOCCOCC(C)(C)S)c4ccccc34)cc2)c1. The molecule has 13 nitrogen and oxygen atoms in total. The van der Waals surface area contributed by atoms with Crippen molar-refractivity contribution in [3.05, 3.63) is 90.1 Å². The molecule has 0 aliphatic rings. The summed E-state index contributed by atoms with van der Waals surface area (Å²) in [5.74, 6) is -0.333. The van der Waals surface area contributed by atoms with E-state index in [0.717, 1.165) is 39.0 Å². The number of carbonyl (C=O) groups is 3. The number of hydrogen-bond acceptors (Lipinski definition) is 11. The maximum Gasteiger partial charge on any atom is 0.305 e. The van der Waals surface area contributed by atoms with E-state index in [2.05, 4.69) is 33.6 Å². The molecule has 4 rings (SSSR count). The molecule has 0 radical (unpaired) electrons. The van der Waals surface area contributed by atoms with E-state index in [1.54, 1.807) is 6.20 Å². The summed E-state index contributed by atoms with van der Waals surface area (Å²) in [6, 6.07) is 22.4. The number of aryl methyl sites for hydroxylation is 1. The summed E-state index contributed by atoms with van der Waals surface area (Å²) in [5.41, 5.74) is 3.61. The van der Waals surface area contributed by atoms with Gasteiger partial charge < -0.3 is 44.7 Å². The number of carbonyl (C=O) groups excluding carboxylic acids is 2. The number of benzene rings is 3. The van der Waals surface area contributed by atoms with Crippen molar-refractivity contribution in [3.8, 4) is 16.9 Å². The van der Waals surface area contributed by atoms with Crippen LogP contribution in [0.4, 0.5) is 5.82 Å². The van der Waals surface area contributed by atoms with Crippen molar-refractivity contribution in [2.45, 2.75) is 50.8 Å². The van der Waals surface area contributed by atoms with E-state index in [1.165, 1.54) is 0 Å². The number of aliphatic carboxylic acids is 1. The van der Waals surface area contributed by atoms with Crippen LogP contribution in [0.15, 0.2) is 79.0 Å². The van der Waals surface area contributed by atoms with E-state index in [1.807, 2.05) is 93.6 Å². The van der Waals surface area contributed by atoms with Gasteiger partial charge in [0, 0.05) is 29.3 Å². The number of carboxylic acid groups (broad SMARTS) is 1. The van der Waals surface area contributed by atoms with Gasteiger partial charge in [-0.15, -0.1) is 0 Å². The van der Waals surface area contributed by atoms with Gasteiger partial charge in [-0.05, 0) is 73.0 Å². The largest absolute Gasteiger partial charge is 0.491 e. The fourth-order valence-corrected chi connectivity index (χ4v) is 5.87. The molecule has 3 aromatic carbocycles. The lowest BCUT2D eigenvalue weighted by atomic mass is 9.95. The minimum atomic E-state index is -1.06. The zero-order chi connectivity index (χ0) is 40.9. The number of nitrogens with zero attached hydrogens (tertiary/aromatic N) is 1. The van der Waals surface area contributed by atoms with Crippen LogP contribution >= 0.6 is 12.6 Å². The van der Waals surface area contributed by atoms with Crippen molar-refractivity contribution in [1.29, 1.82) is 0 Å². The molecule has 4 aromatic rings. The minimum Gasteiger partial charge on any atom is -0.491 e. The van der Waals surface area contributed by atoms with Gasteiger partial charge in [0.05, 0.1) is 71.9 Å². The molecule has 308 valence electrons. The Morgan fingerprint density at radius 3 is 2.11 bits per heavy atom. The second kappa shape index (κ2) is 24.1. The van der Waals surface area contributed by atoms with Crippen molar-refractivity contribution in [3.63, 3.8) is 0 Å². The van der Waals surface area contributed by atoms with E-state index >= 15 is 0 Å². The Hall–Kier alpha value is -4.73. The van der Waals surface area contributed by atoms with Gasteiger partial charge in [0.2, 0.25) is 11.8 Å². The molecule has 4 N–H and O–H groups in total. The number of hydrogen-bond donors (Lipinski definition) is 5. The zero-order valence-corrected chi connectivity index (χ0v) is 34.0. The van der Waals surface area contributed by atoms with Crippen LogP contribution < -0.4 is 20.7 Å². The number of carboxylic acids is 1. The fourth-order valence-electron chi connectivity index (χ4n) is 5.77. The average molecular weight is 805 g/mol. The Kier molecular flexibility index (Phi) is 19.0. The number of amides is 2. The Bertz CT molecular complexity index is 1850. The van der Waals surface area contributed by atoms with Gasteiger partial charge in [0.1, 0.15) is 18.2 Å². The van der Waals surface area contributed by atoms with Crippen molar-refractivity contribution >= 4 is 47.0 Å². The van der Waals surface area contributed by atoms with Crippen LogP contribution in [0.2, 0.25) is 0 Å². The van der Waals surface area contributed by atoms with Gasteiger partial charge in [-0.25, -0.2) is 4.98 Å². The van der Waals surface area contributed by atoms with Crippen LogP contribution in [0, 0.1) is 6.92 Å². The zero-order valence-electron chi connectivity index (χ0n) is 33.1. The van der Waals surface area contributed by atoms with Gasteiger partial charge in [-0.3, -0.25) is 14.4 Å². The lowest BCUT2D eigenvalue weighted by Crippen LogP contribution is -2.39. The Morgan fingerprint density at radius 1 is 0.807 bits per heavy atom. The molecule has 0 saturated heterocycles. The van der Waals surface area contributed by atoms with Crippen LogP contribution in [0.3, 0.4) is 0 Å². The third-order valence-electron chi connectivity index (χ3n) is 8.53. The van der Waals surface area contributed by atoms with E-state index < -0.39 is 17.9 Å². The minimum absolute atomic E-state index is 0.157. The number of pyridine rings is 1. The second-order valence-electron chi connectivity index (χ2n) is 14.1. The third kappa shape index (κ3) is 17.1. The van der Waals surface area contributed by atoms with E-state index in [9.17, 15) is 19.5 Å². The molecular weight excluding hydrogens is 749 g/mol. The molecule has 0 unspecified atom stereocenters. The van der Waals surface area contributed by atoms with Gasteiger partial charge >= 0.3 is 5.97 Å². The van der Waals surface area contributed by atoms with Crippen molar-refractivity contribution in [2.75, 3.05) is 77.9 Å². The van der Waals surface area contributed by atoms with Crippen LogP contribution in [-0.2, 0) is 33.3 Å². The molecule has 0 saturated carbocycles.